The third-order valence-corrected chi connectivity index (χ3v) is 5.98. The van der Waals surface area contributed by atoms with Crippen molar-refractivity contribution in [1.29, 1.82) is 0 Å². The predicted molar refractivity (Wildman–Crippen MR) is 132 cm³/mol. The number of hydrogen-bond acceptors (Lipinski definition) is 8. The van der Waals surface area contributed by atoms with Crippen LogP contribution in [-0.4, -0.2) is 48.6 Å². The number of nitrogens with two attached hydrogens (primary N) is 1. The summed E-state index contributed by atoms with van der Waals surface area (Å²) >= 11 is 0. The Morgan fingerprint density at radius 3 is 2.54 bits per heavy atom. The highest BCUT2D eigenvalue weighted by Crippen LogP contribution is 2.32. The van der Waals surface area contributed by atoms with Crippen LogP contribution >= 0.6 is 0 Å². The van der Waals surface area contributed by atoms with Crippen LogP contribution in [0.5, 0.6) is 0 Å². The lowest BCUT2D eigenvalue weighted by Gasteiger charge is -2.25. The van der Waals surface area contributed by atoms with Crippen molar-refractivity contribution in [3.8, 4) is 0 Å². The lowest BCUT2D eigenvalue weighted by molar-refractivity contribution is -0.127. The summed E-state index contributed by atoms with van der Waals surface area (Å²) in [5.41, 5.74) is 3.69. The minimum atomic E-state index is -0.807. The molecule has 1 heterocycles. The van der Waals surface area contributed by atoms with Crippen molar-refractivity contribution in [2.75, 3.05) is 19.6 Å². The van der Waals surface area contributed by atoms with Crippen molar-refractivity contribution in [3.63, 3.8) is 0 Å². The maximum absolute atomic E-state index is 13.4. The lowest BCUT2D eigenvalue weighted by Crippen LogP contribution is -2.39. The second kappa shape index (κ2) is 12.6. The van der Waals surface area contributed by atoms with Gasteiger partial charge in [-0.15, -0.1) is 4.91 Å². The van der Waals surface area contributed by atoms with E-state index in [9.17, 15) is 19.4 Å². The van der Waals surface area contributed by atoms with E-state index in [1.807, 2.05) is 25.2 Å². The Labute approximate surface area is 203 Å². The topological polar surface area (TPSA) is 159 Å². The van der Waals surface area contributed by atoms with E-state index < -0.39 is 12.1 Å². The summed E-state index contributed by atoms with van der Waals surface area (Å²) in [6.07, 6.45) is 7.60. The van der Waals surface area contributed by atoms with Crippen LogP contribution in [-0.2, 0) is 4.79 Å². The molecule has 1 aliphatic carbocycles. The maximum Gasteiger partial charge on any atom is 0.316 e. The van der Waals surface area contributed by atoms with Crippen molar-refractivity contribution in [2.24, 2.45) is 26.5 Å². The number of benzene rings is 1. The third kappa shape index (κ3) is 6.60. The molecule has 184 valence electrons. The Morgan fingerprint density at radius 1 is 1.11 bits per heavy atom. The van der Waals surface area contributed by atoms with Gasteiger partial charge in [-0.25, -0.2) is 0 Å². The zero-order chi connectivity index (χ0) is 25.2. The molecule has 2 aliphatic rings. The molecule has 0 radical (unpaired) electrons. The molecule has 2 amide bonds. The van der Waals surface area contributed by atoms with Crippen molar-refractivity contribution < 1.29 is 9.59 Å². The average molecular weight is 480 g/mol. The van der Waals surface area contributed by atoms with Crippen LogP contribution in [0, 0.1) is 9.81 Å². The molecule has 35 heavy (non-hydrogen) atoms. The molecule has 0 bridgehead atoms. The van der Waals surface area contributed by atoms with Gasteiger partial charge in [0.15, 0.2) is 0 Å². The fourth-order valence-electron chi connectivity index (χ4n) is 4.29. The molecule has 1 aliphatic heterocycles. The van der Waals surface area contributed by atoms with E-state index in [-0.39, 0.29) is 24.1 Å². The summed E-state index contributed by atoms with van der Waals surface area (Å²) in [7, 11) is 0. The largest absolute Gasteiger partial charge is 0.339 e. The summed E-state index contributed by atoms with van der Waals surface area (Å²) in [6.45, 7) is 3.20. The molecule has 0 saturated heterocycles. The number of rotatable bonds is 10. The van der Waals surface area contributed by atoms with E-state index in [0.717, 1.165) is 23.1 Å². The Kier molecular flexibility index (Phi) is 9.24. The number of fused-ring (bicyclic) bond motifs is 1. The van der Waals surface area contributed by atoms with E-state index in [2.05, 4.69) is 26.0 Å². The molecule has 1 aromatic rings. The van der Waals surface area contributed by atoms with E-state index in [1.54, 1.807) is 29.2 Å². The smallest absolute Gasteiger partial charge is 0.316 e. The van der Waals surface area contributed by atoms with Gasteiger partial charge >= 0.3 is 5.91 Å². The summed E-state index contributed by atoms with van der Waals surface area (Å²) in [5.74, 6) is 4.43. The second-order valence-corrected chi connectivity index (χ2v) is 8.37. The van der Waals surface area contributed by atoms with Crippen LogP contribution < -0.4 is 11.2 Å². The van der Waals surface area contributed by atoms with Crippen LogP contribution in [0.3, 0.4) is 0 Å². The lowest BCUT2D eigenvalue weighted by atomic mass is 9.88. The van der Waals surface area contributed by atoms with E-state index in [0.29, 0.717) is 37.9 Å². The first-order chi connectivity index (χ1) is 17.0. The monoisotopic (exact) mass is 479 g/mol. The summed E-state index contributed by atoms with van der Waals surface area (Å²) < 4.78 is 0. The number of hydrogen-bond donors (Lipinski definition) is 2. The molecule has 0 fully saturated rings. The summed E-state index contributed by atoms with van der Waals surface area (Å²) in [6, 6.07) is 6.57. The van der Waals surface area contributed by atoms with Crippen molar-refractivity contribution in [1.82, 2.24) is 10.2 Å². The number of amides is 2. The molecule has 11 heteroatoms. The first kappa shape index (κ1) is 25.8. The minimum Gasteiger partial charge on any atom is -0.339 e. The molecule has 1 aromatic carbocycles. The van der Waals surface area contributed by atoms with Crippen LogP contribution in [0.25, 0.3) is 5.57 Å². The quantitative estimate of drug-likeness (QED) is 0.171. The van der Waals surface area contributed by atoms with Crippen molar-refractivity contribution in [2.45, 2.75) is 44.8 Å². The molecule has 2 atom stereocenters. The van der Waals surface area contributed by atoms with Crippen LogP contribution in [0.4, 0.5) is 0 Å². The van der Waals surface area contributed by atoms with Gasteiger partial charge < -0.3 is 10.7 Å². The van der Waals surface area contributed by atoms with Crippen molar-refractivity contribution in [3.05, 3.63) is 74.6 Å². The molecular weight excluding hydrogens is 450 g/mol. The molecule has 0 spiro atoms. The molecule has 11 nitrogen and oxygen atoms in total. The highest BCUT2D eigenvalue weighted by atomic mass is 16.3. The highest BCUT2D eigenvalue weighted by Gasteiger charge is 2.30. The summed E-state index contributed by atoms with van der Waals surface area (Å²) in [4.78, 5) is 47.5. The Morgan fingerprint density at radius 2 is 1.89 bits per heavy atom. The Bertz CT molecular complexity index is 1080. The summed E-state index contributed by atoms with van der Waals surface area (Å²) in [5, 5.41) is 16.3. The molecule has 3 rings (SSSR count). The SMILES string of the molecule is CCCN(CCCN=O)C(=O)C1=CC2=CC=C(c3ccc(C(=O)N=O)cc3)CC2NC(N=NN)C1. The number of nitrogens with zero attached hydrogens (tertiary/aromatic N) is 5. The fraction of sp³-hybridized carbons (Fsp3) is 0.417. The molecule has 2 unspecified atom stereocenters. The Hall–Kier alpha value is -3.86. The second-order valence-electron chi connectivity index (χ2n) is 8.37. The first-order valence-corrected chi connectivity index (χ1v) is 11.5. The van der Waals surface area contributed by atoms with E-state index in [1.165, 1.54) is 0 Å². The number of carbonyl (C=O) groups excluding carboxylic acids is 2. The third-order valence-electron chi connectivity index (χ3n) is 5.98. The van der Waals surface area contributed by atoms with Crippen LogP contribution in [0.15, 0.2) is 74.3 Å². The molecule has 3 N–H and O–H groups in total. The van der Waals surface area contributed by atoms with Gasteiger partial charge in [0.25, 0.3) is 0 Å². The van der Waals surface area contributed by atoms with Gasteiger partial charge in [0.2, 0.25) is 5.91 Å². The standard InChI is InChI=1S/C24H29N7O4/c1-2-11-31(12-3-10-26-34)24(33)20-13-19-9-8-18(14-21(19)27-22(15-20)28-30-25)16-4-6-17(7-5-16)23(32)29-35/h4-9,13,21-22,27H,2-3,10-12,14-15H2,1H3,(H2,25,28). The van der Waals surface area contributed by atoms with E-state index in [4.69, 9.17) is 5.84 Å². The zero-order valence-electron chi connectivity index (χ0n) is 19.6. The molecular formula is C24H29N7O4. The highest BCUT2D eigenvalue weighted by molar-refractivity contribution is 5.95. The normalized spacial score (nSPS) is 19.6. The minimum absolute atomic E-state index is 0.0999. The average Bonchev–Trinajstić information content (AvgIpc) is 3.06. The van der Waals surface area contributed by atoms with Crippen LogP contribution in [0.1, 0.15) is 48.5 Å². The van der Waals surface area contributed by atoms with Gasteiger partial charge in [-0.3, -0.25) is 14.9 Å². The van der Waals surface area contributed by atoms with Gasteiger partial charge in [-0.2, -0.15) is 10.0 Å². The van der Waals surface area contributed by atoms with E-state index >= 15 is 0 Å². The van der Waals surface area contributed by atoms with Gasteiger partial charge in [-0.05, 0) is 54.2 Å². The number of allylic oxidation sites excluding steroid dienone is 2. The number of carbonyl (C=O) groups is 2. The van der Waals surface area contributed by atoms with Gasteiger partial charge in [0, 0.05) is 41.9 Å². The zero-order valence-corrected chi connectivity index (χ0v) is 19.6. The predicted octanol–water partition coefficient (Wildman–Crippen LogP) is 3.64. The maximum atomic E-state index is 13.4. The number of nitrogens with one attached hydrogen (secondary N) is 1. The number of nitroso groups, excluding NO2 is 2. The first-order valence-electron chi connectivity index (χ1n) is 11.5. The van der Waals surface area contributed by atoms with Crippen molar-refractivity contribution >= 4 is 17.4 Å². The van der Waals surface area contributed by atoms with Gasteiger partial charge in [-0.1, -0.05) is 41.6 Å². The van der Waals surface area contributed by atoms with Crippen LogP contribution in [0.2, 0.25) is 0 Å². The molecule has 0 saturated carbocycles. The molecule has 0 aromatic heterocycles. The fourth-order valence-corrected chi connectivity index (χ4v) is 4.29. The van der Waals surface area contributed by atoms with Gasteiger partial charge in [0.05, 0.1) is 6.54 Å². The Balaban J connectivity index is 1.89. The van der Waals surface area contributed by atoms with Gasteiger partial charge in [0.1, 0.15) is 6.17 Å².